The maximum Gasteiger partial charge on any atom is 0.184 e. The summed E-state index contributed by atoms with van der Waals surface area (Å²) in [4.78, 5) is 14.3. The zero-order valence-corrected chi connectivity index (χ0v) is 25.2. The first-order chi connectivity index (χ1) is 21.1. The number of methoxy groups -OCH3 is 1. The highest BCUT2D eigenvalue weighted by atomic mass is 35.5. The van der Waals surface area contributed by atoms with Crippen molar-refractivity contribution in [3.8, 4) is 22.8 Å². The van der Waals surface area contributed by atoms with E-state index >= 15 is 0 Å². The zero-order valence-electron chi connectivity index (χ0n) is 22.8. The first kappa shape index (κ1) is 28.3. The number of nitrogens with two attached hydrogens (primary N) is 1. The van der Waals surface area contributed by atoms with Gasteiger partial charge >= 0.3 is 0 Å². The lowest BCUT2D eigenvalue weighted by molar-refractivity contribution is -0.308. The van der Waals surface area contributed by atoms with E-state index in [1.807, 2.05) is 66.2 Å². The van der Waals surface area contributed by atoms with E-state index in [1.54, 1.807) is 24.2 Å². The minimum absolute atomic E-state index is 0.305. The largest absolute Gasteiger partial charge is 0.375 e. The van der Waals surface area contributed by atoms with Crippen molar-refractivity contribution in [3.63, 3.8) is 0 Å². The van der Waals surface area contributed by atoms with Gasteiger partial charge in [0.1, 0.15) is 46.9 Å². The summed E-state index contributed by atoms with van der Waals surface area (Å²) < 4.78 is 27.4. The third-order valence-electron chi connectivity index (χ3n) is 7.22. The second-order valence-electron chi connectivity index (χ2n) is 9.90. The van der Waals surface area contributed by atoms with E-state index in [2.05, 4.69) is 25.3 Å². The number of fused-ring (bicyclic) bond motifs is 1. The number of benzene rings is 1. The number of thioether (sulfide) groups is 1. The Morgan fingerprint density at radius 1 is 1.07 bits per heavy atom. The number of nitrogen functional groups attached to an aromatic ring is 1. The molecule has 2 aliphatic heterocycles. The fourth-order valence-corrected chi connectivity index (χ4v) is 7.37. The number of rotatable bonds is 7. The van der Waals surface area contributed by atoms with Gasteiger partial charge in [0, 0.05) is 35.3 Å². The van der Waals surface area contributed by atoms with Crippen LogP contribution in [0, 0.1) is 0 Å². The Morgan fingerprint density at radius 2 is 1.93 bits per heavy atom. The molecule has 0 bridgehead atoms. The fraction of sp³-hybridized carbons (Fsp3) is 0.276. The number of nitrogens with zero attached hydrogens (tertiary/aromatic N) is 6. The molecule has 0 radical (unpaired) electrons. The number of aromatic nitrogens is 6. The van der Waals surface area contributed by atoms with Gasteiger partial charge in [-0.3, -0.25) is 9.97 Å². The van der Waals surface area contributed by atoms with Crippen molar-refractivity contribution in [2.75, 3.05) is 19.5 Å². The molecule has 11 nitrogen and oxygen atoms in total. The monoisotopic (exact) mass is 635 g/mol. The first-order valence-electron chi connectivity index (χ1n) is 13.4. The molecule has 2 aliphatic rings. The van der Waals surface area contributed by atoms with E-state index in [4.69, 9.17) is 36.3 Å². The third-order valence-corrected chi connectivity index (χ3v) is 9.28. The molecular formula is C29H26ClN7O4S2. The molecule has 0 aliphatic carbocycles. The predicted octanol–water partition coefficient (Wildman–Crippen LogP) is 5.28. The van der Waals surface area contributed by atoms with Crippen LogP contribution in [0.1, 0.15) is 17.9 Å². The number of halogens is 1. The summed E-state index contributed by atoms with van der Waals surface area (Å²) in [5.74, 6) is 0. The van der Waals surface area contributed by atoms with Gasteiger partial charge in [-0.2, -0.15) is 0 Å². The van der Waals surface area contributed by atoms with Gasteiger partial charge in [-0.05, 0) is 18.2 Å². The van der Waals surface area contributed by atoms with Crippen LogP contribution in [-0.4, -0.2) is 67.4 Å². The van der Waals surface area contributed by atoms with Crippen molar-refractivity contribution in [1.29, 1.82) is 0 Å². The Morgan fingerprint density at radius 3 is 2.70 bits per heavy atom. The fourth-order valence-electron chi connectivity index (χ4n) is 5.27. The van der Waals surface area contributed by atoms with Crippen LogP contribution in [0.5, 0.6) is 0 Å². The van der Waals surface area contributed by atoms with Gasteiger partial charge in [0.05, 0.1) is 23.5 Å². The topological polar surface area (TPSA) is 132 Å². The molecule has 0 saturated carbocycles. The number of hydrogen-bond donors (Lipinski definition) is 1. The van der Waals surface area contributed by atoms with Crippen molar-refractivity contribution < 1.29 is 18.9 Å². The number of thiazole rings is 1. The predicted molar refractivity (Wildman–Crippen MR) is 162 cm³/mol. The minimum Gasteiger partial charge on any atom is -0.375 e. The average molecular weight is 636 g/mol. The molecule has 6 unspecified atom stereocenters. The zero-order chi connectivity index (χ0) is 29.3. The van der Waals surface area contributed by atoms with Crippen molar-refractivity contribution >= 4 is 39.8 Å². The number of anilines is 1. The van der Waals surface area contributed by atoms with E-state index in [0.717, 1.165) is 16.2 Å². The highest BCUT2D eigenvalue weighted by Gasteiger charge is 2.52. The van der Waals surface area contributed by atoms with Crippen molar-refractivity contribution in [2.45, 2.75) is 41.0 Å². The molecule has 7 rings (SSSR count). The molecule has 0 spiro atoms. The van der Waals surface area contributed by atoms with E-state index in [-0.39, 0.29) is 0 Å². The third kappa shape index (κ3) is 5.77. The Kier molecular flexibility index (Phi) is 8.10. The van der Waals surface area contributed by atoms with Gasteiger partial charge in [0.2, 0.25) is 0 Å². The standard InChI is InChI=1S/C29H26ClN7O4S2/c1-38-26-24(37-13-19(35-36-37)20-15-42-29(31)34-20)25-21(14-39-27(41-25)16-7-3-2-4-8-16)40-28(26)43-22-11-17(30)12-33-23(22)18-9-5-6-10-32-18/h2-13,15,21,24-28H,14H2,1H3,(H2,31,34). The van der Waals surface area contributed by atoms with E-state index in [1.165, 1.54) is 23.1 Å². The first-order valence-corrected chi connectivity index (χ1v) is 15.6. The van der Waals surface area contributed by atoms with E-state index in [9.17, 15) is 0 Å². The van der Waals surface area contributed by atoms with Gasteiger partial charge < -0.3 is 24.7 Å². The Labute approximate surface area is 260 Å². The second kappa shape index (κ2) is 12.3. The van der Waals surface area contributed by atoms with E-state index in [0.29, 0.717) is 33.8 Å². The maximum absolute atomic E-state index is 6.67. The van der Waals surface area contributed by atoms with Crippen molar-refractivity contribution in [2.24, 2.45) is 0 Å². The molecule has 220 valence electrons. The maximum atomic E-state index is 6.67. The van der Waals surface area contributed by atoms with Crippen LogP contribution in [-0.2, 0) is 18.9 Å². The summed E-state index contributed by atoms with van der Waals surface area (Å²) in [6, 6.07) is 16.9. The number of ether oxygens (including phenoxy) is 4. The molecule has 2 saturated heterocycles. The molecule has 2 N–H and O–H groups in total. The highest BCUT2D eigenvalue weighted by molar-refractivity contribution is 8.00. The summed E-state index contributed by atoms with van der Waals surface area (Å²) in [5, 5.41) is 11.7. The Balaban J connectivity index is 1.26. The van der Waals surface area contributed by atoms with Crippen LogP contribution < -0.4 is 5.73 Å². The van der Waals surface area contributed by atoms with Gasteiger partial charge in [-0.1, -0.05) is 65.0 Å². The quantitative estimate of drug-likeness (QED) is 0.250. The highest BCUT2D eigenvalue weighted by Crippen LogP contribution is 2.46. The molecule has 4 aromatic heterocycles. The van der Waals surface area contributed by atoms with Gasteiger partial charge in [-0.25, -0.2) is 9.67 Å². The minimum atomic E-state index is -0.579. The Bertz CT molecular complexity index is 1690. The molecule has 5 aromatic rings. The Hall–Kier alpha value is -3.43. The normalized spacial score (nSPS) is 25.3. The lowest BCUT2D eigenvalue weighted by atomic mass is 9.95. The van der Waals surface area contributed by atoms with Crippen LogP contribution in [0.15, 0.2) is 83.5 Å². The van der Waals surface area contributed by atoms with Crippen LogP contribution in [0.4, 0.5) is 5.13 Å². The summed E-state index contributed by atoms with van der Waals surface area (Å²) in [6.45, 7) is 0.305. The van der Waals surface area contributed by atoms with Gasteiger partial charge in [-0.15, -0.1) is 16.4 Å². The van der Waals surface area contributed by atoms with Crippen molar-refractivity contribution in [1.82, 2.24) is 29.9 Å². The molecule has 6 heterocycles. The summed E-state index contributed by atoms with van der Waals surface area (Å²) in [6.07, 6.45) is 3.18. The summed E-state index contributed by atoms with van der Waals surface area (Å²) in [7, 11) is 1.65. The average Bonchev–Trinajstić information content (AvgIpc) is 3.70. The van der Waals surface area contributed by atoms with Gasteiger partial charge in [0.25, 0.3) is 0 Å². The van der Waals surface area contributed by atoms with Gasteiger partial charge in [0.15, 0.2) is 11.4 Å². The van der Waals surface area contributed by atoms with Crippen LogP contribution in [0.2, 0.25) is 5.02 Å². The molecule has 1 aromatic carbocycles. The molecular weight excluding hydrogens is 610 g/mol. The molecule has 0 amide bonds. The lowest BCUT2D eigenvalue weighted by Gasteiger charge is -2.48. The molecule has 14 heteroatoms. The second-order valence-corrected chi connectivity index (χ2v) is 12.4. The van der Waals surface area contributed by atoms with E-state index < -0.39 is 36.1 Å². The molecule has 6 atom stereocenters. The van der Waals surface area contributed by atoms with Crippen LogP contribution >= 0.6 is 34.7 Å². The lowest BCUT2D eigenvalue weighted by Crippen LogP contribution is -2.59. The number of hydrogen-bond acceptors (Lipinski definition) is 12. The molecule has 2 fully saturated rings. The number of pyridine rings is 2. The summed E-state index contributed by atoms with van der Waals surface area (Å²) >= 11 is 9.22. The van der Waals surface area contributed by atoms with Crippen LogP contribution in [0.3, 0.4) is 0 Å². The smallest absolute Gasteiger partial charge is 0.184 e. The summed E-state index contributed by atoms with van der Waals surface area (Å²) in [5.41, 5.74) is 8.94. The SMILES string of the molecule is COC1C(Sc2cc(Cl)cnc2-c2ccccn2)OC2COC(c3ccccc3)OC2C1n1cc(-c2csc(N)n2)nn1. The van der Waals surface area contributed by atoms with Crippen LogP contribution in [0.25, 0.3) is 22.8 Å². The van der Waals surface area contributed by atoms with Crippen molar-refractivity contribution in [3.05, 3.63) is 89.2 Å². The molecule has 43 heavy (non-hydrogen) atoms.